The summed E-state index contributed by atoms with van der Waals surface area (Å²) in [5, 5.41) is 14.6. The number of hydrogen-bond acceptors (Lipinski definition) is 5. The van der Waals surface area contributed by atoms with E-state index in [1.807, 2.05) is 6.92 Å². The second-order valence-electron chi connectivity index (χ2n) is 4.60. The van der Waals surface area contributed by atoms with Gasteiger partial charge in [-0.2, -0.15) is 0 Å². The molecule has 0 saturated heterocycles. The quantitative estimate of drug-likeness (QED) is 0.548. The minimum Gasteiger partial charge on any atom is -0.411 e. The zero-order valence-corrected chi connectivity index (χ0v) is 11.0. The van der Waals surface area contributed by atoms with Gasteiger partial charge in [0.1, 0.15) is 6.61 Å². The molecule has 1 aliphatic rings. The minimum absolute atomic E-state index is 0.00872. The van der Waals surface area contributed by atoms with Gasteiger partial charge < -0.3 is 20.0 Å². The number of ether oxygens (including phenoxy) is 2. The van der Waals surface area contributed by atoms with E-state index in [4.69, 9.17) is 14.7 Å². The molecule has 0 radical (unpaired) electrons. The Morgan fingerprint density at radius 3 is 2.78 bits per heavy atom. The Hall–Kier alpha value is -1.14. The summed E-state index contributed by atoms with van der Waals surface area (Å²) >= 11 is 0. The number of rotatable bonds is 6. The summed E-state index contributed by atoms with van der Waals surface area (Å²) in [6.45, 7) is 2.45. The molecular formula is C12H22N2O4. The summed E-state index contributed by atoms with van der Waals surface area (Å²) in [4.78, 5) is 11.5. The molecule has 0 aromatic carbocycles. The second-order valence-corrected chi connectivity index (χ2v) is 4.60. The van der Waals surface area contributed by atoms with Crippen molar-refractivity contribution in [3.63, 3.8) is 0 Å². The average molecular weight is 258 g/mol. The maximum Gasteiger partial charge on any atom is 0.246 e. The van der Waals surface area contributed by atoms with Crippen molar-refractivity contribution >= 4 is 11.6 Å². The van der Waals surface area contributed by atoms with Crippen LogP contribution in [0.1, 0.15) is 32.6 Å². The number of hydrogen-bond donors (Lipinski definition) is 2. The Morgan fingerprint density at radius 2 is 2.22 bits per heavy atom. The topological polar surface area (TPSA) is 80.2 Å². The molecule has 18 heavy (non-hydrogen) atoms. The normalized spacial score (nSPS) is 21.4. The molecule has 1 unspecified atom stereocenters. The summed E-state index contributed by atoms with van der Waals surface area (Å²) in [6, 6.07) is -0.00872. The van der Waals surface area contributed by atoms with Gasteiger partial charge in [0.25, 0.3) is 0 Å². The summed E-state index contributed by atoms with van der Waals surface area (Å²) in [5.74, 6) is -0.124. The van der Waals surface area contributed by atoms with Gasteiger partial charge in [0.15, 0.2) is 0 Å². The molecule has 6 heteroatoms. The molecule has 0 aromatic heterocycles. The predicted molar refractivity (Wildman–Crippen MR) is 66.9 cm³/mol. The first-order valence-corrected chi connectivity index (χ1v) is 6.25. The standard InChI is InChI=1S/C12H22N2O4/c1-9(7-17-2)13-12(15)8-18-11-5-3-10(14-16)4-6-11/h9,11,16H,3-8H2,1-2H3,(H,13,15). The van der Waals surface area contributed by atoms with Crippen LogP contribution in [-0.4, -0.2) is 49.3 Å². The fourth-order valence-corrected chi connectivity index (χ4v) is 1.99. The zero-order chi connectivity index (χ0) is 13.4. The predicted octanol–water partition coefficient (Wildman–Crippen LogP) is 0.927. The fraction of sp³-hybridized carbons (Fsp3) is 0.833. The number of carbonyl (C=O) groups is 1. The molecule has 1 amide bonds. The van der Waals surface area contributed by atoms with E-state index in [1.54, 1.807) is 7.11 Å². The van der Waals surface area contributed by atoms with E-state index in [-0.39, 0.29) is 24.7 Å². The first-order valence-electron chi connectivity index (χ1n) is 6.25. The molecule has 1 aliphatic carbocycles. The largest absolute Gasteiger partial charge is 0.411 e. The van der Waals surface area contributed by atoms with Crippen molar-refractivity contribution in [2.75, 3.05) is 20.3 Å². The Bertz CT molecular complexity index is 284. The van der Waals surface area contributed by atoms with E-state index in [1.165, 1.54) is 0 Å². The molecule has 1 atom stereocenters. The number of nitrogens with zero attached hydrogens (tertiary/aromatic N) is 1. The van der Waals surface area contributed by atoms with E-state index in [2.05, 4.69) is 10.5 Å². The van der Waals surface area contributed by atoms with Crippen LogP contribution in [0.5, 0.6) is 0 Å². The lowest BCUT2D eigenvalue weighted by molar-refractivity contribution is -0.129. The molecule has 0 heterocycles. The Morgan fingerprint density at radius 1 is 1.56 bits per heavy atom. The molecule has 2 N–H and O–H groups in total. The highest BCUT2D eigenvalue weighted by molar-refractivity contribution is 5.84. The second kappa shape index (κ2) is 8.05. The van der Waals surface area contributed by atoms with Crippen LogP contribution in [0.3, 0.4) is 0 Å². The van der Waals surface area contributed by atoms with E-state index in [0.29, 0.717) is 6.61 Å². The monoisotopic (exact) mass is 258 g/mol. The third-order valence-electron chi connectivity index (χ3n) is 2.93. The first kappa shape index (κ1) is 14.9. The van der Waals surface area contributed by atoms with Crippen molar-refractivity contribution in [2.24, 2.45) is 5.16 Å². The van der Waals surface area contributed by atoms with Gasteiger partial charge in [0.05, 0.1) is 18.4 Å². The van der Waals surface area contributed by atoms with Crippen molar-refractivity contribution in [2.45, 2.75) is 44.8 Å². The van der Waals surface area contributed by atoms with Gasteiger partial charge in [-0.05, 0) is 32.6 Å². The van der Waals surface area contributed by atoms with Gasteiger partial charge >= 0.3 is 0 Å². The average Bonchev–Trinajstić information content (AvgIpc) is 2.37. The van der Waals surface area contributed by atoms with E-state index in [0.717, 1.165) is 31.4 Å². The number of nitrogens with one attached hydrogen (secondary N) is 1. The summed E-state index contributed by atoms with van der Waals surface area (Å²) in [6.07, 6.45) is 3.17. The van der Waals surface area contributed by atoms with Crippen LogP contribution in [0.2, 0.25) is 0 Å². The van der Waals surface area contributed by atoms with Crippen molar-refractivity contribution in [3.05, 3.63) is 0 Å². The molecule has 0 aromatic rings. The van der Waals surface area contributed by atoms with E-state index >= 15 is 0 Å². The SMILES string of the molecule is COCC(C)NC(=O)COC1CCC(=NO)CC1. The highest BCUT2D eigenvalue weighted by Crippen LogP contribution is 2.18. The fourth-order valence-electron chi connectivity index (χ4n) is 1.99. The molecule has 1 saturated carbocycles. The van der Waals surface area contributed by atoms with Gasteiger partial charge in [0, 0.05) is 13.2 Å². The molecule has 0 spiro atoms. The van der Waals surface area contributed by atoms with Crippen molar-refractivity contribution in [1.82, 2.24) is 5.32 Å². The van der Waals surface area contributed by atoms with Crippen LogP contribution in [0.15, 0.2) is 5.16 Å². The third kappa shape index (κ3) is 5.46. The molecule has 1 rings (SSSR count). The highest BCUT2D eigenvalue weighted by atomic mass is 16.5. The van der Waals surface area contributed by atoms with E-state index in [9.17, 15) is 4.79 Å². The van der Waals surface area contributed by atoms with E-state index < -0.39 is 0 Å². The molecule has 104 valence electrons. The van der Waals surface area contributed by atoms with Gasteiger partial charge in [-0.1, -0.05) is 5.16 Å². The lowest BCUT2D eigenvalue weighted by atomic mass is 9.96. The minimum atomic E-state index is -0.124. The number of carbonyl (C=O) groups excluding carboxylic acids is 1. The van der Waals surface area contributed by atoms with Gasteiger partial charge in [-0.25, -0.2) is 0 Å². The molecule has 1 fully saturated rings. The van der Waals surface area contributed by atoms with Crippen molar-refractivity contribution in [3.8, 4) is 0 Å². The Labute approximate surface area is 107 Å². The number of amides is 1. The number of oxime groups is 1. The van der Waals surface area contributed by atoms with Gasteiger partial charge in [-0.3, -0.25) is 4.79 Å². The lowest BCUT2D eigenvalue weighted by Crippen LogP contribution is -2.39. The van der Waals surface area contributed by atoms with Gasteiger partial charge in [0.2, 0.25) is 5.91 Å². The summed E-state index contributed by atoms with van der Waals surface area (Å²) in [5.41, 5.74) is 0.813. The molecule has 0 aliphatic heterocycles. The maximum absolute atomic E-state index is 11.5. The van der Waals surface area contributed by atoms with Crippen LogP contribution < -0.4 is 5.32 Å². The first-order chi connectivity index (χ1) is 8.65. The number of methoxy groups -OCH3 is 1. The third-order valence-corrected chi connectivity index (χ3v) is 2.93. The van der Waals surface area contributed by atoms with Crippen LogP contribution in [-0.2, 0) is 14.3 Å². The lowest BCUT2D eigenvalue weighted by Gasteiger charge is -2.22. The van der Waals surface area contributed by atoms with Crippen LogP contribution in [0.25, 0.3) is 0 Å². The van der Waals surface area contributed by atoms with Crippen LogP contribution in [0, 0.1) is 0 Å². The van der Waals surface area contributed by atoms with Crippen LogP contribution >= 0.6 is 0 Å². The molecular weight excluding hydrogens is 236 g/mol. The van der Waals surface area contributed by atoms with Crippen molar-refractivity contribution < 1.29 is 19.5 Å². The van der Waals surface area contributed by atoms with Crippen molar-refractivity contribution in [1.29, 1.82) is 0 Å². The van der Waals surface area contributed by atoms with Crippen LogP contribution in [0.4, 0.5) is 0 Å². The Kier molecular flexibility index (Phi) is 6.67. The zero-order valence-electron chi connectivity index (χ0n) is 11.0. The smallest absolute Gasteiger partial charge is 0.246 e. The summed E-state index contributed by atoms with van der Waals surface area (Å²) < 4.78 is 10.5. The van der Waals surface area contributed by atoms with Gasteiger partial charge in [-0.15, -0.1) is 0 Å². The summed E-state index contributed by atoms with van der Waals surface area (Å²) in [7, 11) is 1.60. The molecule has 0 bridgehead atoms. The highest BCUT2D eigenvalue weighted by Gasteiger charge is 2.19. The maximum atomic E-state index is 11.5. The molecule has 6 nitrogen and oxygen atoms in total. The Balaban J connectivity index is 2.15.